The number of sulfonamides is 1. The van der Waals surface area contributed by atoms with Crippen molar-refractivity contribution in [2.75, 3.05) is 6.54 Å². The van der Waals surface area contributed by atoms with Crippen molar-refractivity contribution in [3.05, 3.63) is 101 Å². The van der Waals surface area contributed by atoms with Crippen molar-refractivity contribution in [1.82, 2.24) is 9.62 Å². The van der Waals surface area contributed by atoms with Crippen molar-refractivity contribution in [3.8, 4) is 0 Å². The zero-order chi connectivity index (χ0) is 22.4. The summed E-state index contributed by atoms with van der Waals surface area (Å²) in [6.07, 6.45) is 0. The maximum atomic E-state index is 14.2. The van der Waals surface area contributed by atoms with E-state index < -0.39 is 28.3 Å². The van der Waals surface area contributed by atoms with Crippen molar-refractivity contribution in [2.24, 2.45) is 0 Å². The van der Waals surface area contributed by atoms with Gasteiger partial charge in [0.1, 0.15) is 5.82 Å². The Morgan fingerprint density at radius 2 is 1.65 bits per heavy atom. The SMILES string of the molecule is Cc1ccc(S(=O)(=O)N(CC(=O)NCc2cccc(C)c2)Cc2ccccc2F)cc1. The molecule has 0 atom stereocenters. The standard InChI is InChI=1S/C24H25FN2O3S/c1-18-10-12-22(13-11-18)31(29,30)27(16-21-8-3-4-9-23(21)25)17-24(28)26-15-20-7-5-6-19(2)14-20/h3-14H,15-17H2,1-2H3,(H,26,28). The molecule has 0 spiro atoms. The van der Waals surface area contributed by atoms with Crippen LogP contribution in [0.3, 0.4) is 0 Å². The van der Waals surface area contributed by atoms with Crippen LogP contribution in [-0.2, 0) is 27.9 Å². The highest BCUT2D eigenvalue weighted by Crippen LogP contribution is 2.20. The Bertz CT molecular complexity index is 1160. The Morgan fingerprint density at radius 3 is 2.32 bits per heavy atom. The second-order valence-corrected chi connectivity index (χ2v) is 9.38. The first-order valence-corrected chi connectivity index (χ1v) is 11.3. The van der Waals surface area contributed by atoms with Gasteiger partial charge in [-0.15, -0.1) is 0 Å². The Labute approximate surface area is 182 Å². The van der Waals surface area contributed by atoms with Gasteiger partial charge in [-0.2, -0.15) is 4.31 Å². The molecule has 0 unspecified atom stereocenters. The second kappa shape index (κ2) is 9.85. The lowest BCUT2D eigenvalue weighted by Gasteiger charge is -2.22. The van der Waals surface area contributed by atoms with Crippen LogP contribution in [0.25, 0.3) is 0 Å². The minimum Gasteiger partial charge on any atom is -0.351 e. The number of hydrogen-bond acceptors (Lipinski definition) is 3. The lowest BCUT2D eigenvalue weighted by molar-refractivity contribution is -0.121. The quantitative estimate of drug-likeness (QED) is 0.577. The minimum atomic E-state index is -4.01. The Morgan fingerprint density at radius 1 is 0.935 bits per heavy atom. The molecule has 0 aliphatic carbocycles. The molecule has 0 aromatic heterocycles. The van der Waals surface area contributed by atoms with Crippen molar-refractivity contribution in [3.63, 3.8) is 0 Å². The van der Waals surface area contributed by atoms with Gasteiger partial charge in [0.05, 0.1) is 11.4 Å². The van der Waals surface area contributed by atoms with Gasteiger partial charge >= 0.3 is 0 Å². The van der Waals surface area contributed by atoms with Crippen LogP contribution in [0.4, 0.5) is 4.39 Å². The van der Waals surface area contributed by atoms with Gasteiger partial charge in [0.2, 0.25) is 15.9 Å². The number of aryl methyl sites for hydroxylation is 2. The van der Waals surface area contributed by atoms with E-state index in [1.54, 1.807) is 18.2 Å². The van der Waals surface area contributed by atoms with Crippen LogP contribution in [0.2, 0.25) is 0 Å². The van der Waals surface area contributed by atoms with E-state index in [4.69, 9.17) is 0 Å². The van der Waals surface area contributed by atoms with E-state index in [2.05, 4.69) is 5.32 Å². The normalized spacial score (nSPS) is 11.5. The summed E-state index contributed by atoms with van der Waals surface area (Å²) in [7, 11) is -4.01. The van der Waals surface area contributed by atoms with E-state index in [1.165, 1.54) is 30.3 Å². The number of carbonyl (C=O) groups is 1. The zero-order valence-electron chi connectivity index (χ0n) is 17.5. The number of nitrogens with zero attached hydrogens (tertiary/aromatic N) is 1. The van der Waals surface area contributed by atoms with E-state index >= 15 is 0 Å². The van der Waals surface area contributed by atoms with Crippen LogP contribution in [0.15, 0.2) is 77.7 Å². The molecule has 0 aliphatic rings. The van der Waals surface area contributed by atoms with Crippen LogP contribution in [0.1, 0.15) is 22.3 Å². The molecule has 162 valence electrons. The molecule has 7 heteroatoms. The molecule has 3 rings (SSSR count). The highest BCUT2D eigenvalue weighted by atomic mass is 32.2. The summed E-state index contributed by atoms with van der Waals surface area (Å²) >= 11 is 0. The predicted octanol–water partition coefficient (Wildman–Crippen LogP) is 3.95. The predicted molar refractivity (Wildman–Crippen MR) is 118 cm³/mol. The fourth-order valence-corrected chi connectivity index (χ4v) is 4.52. The number of nitrogens with one attached hydrogen (secondary N) is 1. The van der Waals surface area contributed by atoms with Crippen LogP contribution >= 0.6 is 0 Å². The van der Waals surface area contributed by atoms with Crippen molar-refractivity contribution < 1.29 is 17.6 Å². The summed E-state index contributed by atoms with van der Waals surface area (Å²) in [5, 5.41) is 2.75. The average molecular weight is 441 g/mol. The Balaban J connectivity index is 1.82. The molecule has 0 aliphatic heterocycles. The van der Waals surface area contributed by atoms with Crippen LogP contribution in [-0.4, -0.2) is 25.2 Å². The minimum absolute atomic E-state index is 0.0564. The van der Waals surface area contributed by atoms with Gasteiger partial charge in [-0.05, 0) is 37.6 Å². The summed E-state index contributed by atoms with van der Waals surface area (Å²) in [5.41, 5.74) is 3.09. The first kappa shape index (κ1) is 22.7. The van der Waals surface area contributed by atoms with Crippen LogP contribution in [0, 0.1) is 19.7 Å². The molecule has 0 bridgehead atoms. The summed E-state index contributed by atoms with van der Waals surface area (Å²) in [5.74, 6) is -0.986. The summed E-state index contributed by atoms with van der Waals surface area (Å²) < 4.78 is 41.7. The largest absolute Gasteiger partial charge is 0.351 e. The third-order valence-electron chi connectivity index (χ3n) is 4.86. The maximum absolute atomic E-state index is 14.2. The van der Waals surface area contributed by atoms with Gasteiger partial charge in [-0.25, -0.2) is 12.8 Å². The van der Waals surface area contributed by atoms with E-state index in [-0.39, 0.29) is 23.5 Å². The maximum Gasteiger partial charge on any atom is 0.243 e. The molecule has 0 fully saturated rings. The van der Waals surface area contributed by atoms with Crippen molar-refractivity contribution >= 4 is 15.9 Å². The fourth-order valence-electron chi connectivity index (χ4n) is 3.14. The van der Waals surface area contributed by atoms with Gasteiger partial charge in [-0.1, -0.05) is 65.7 Å². The number of hydrogen-bond donors (Lipinski definition) is 1. The summed E-state index contributed by atoms with van der Waals surface area (Å²) in [6.45, 7) is 3.41. The molecule has 31 heavy (non-hydrogen) atoms. The van der Waals surface area contributed by atoms with Gasteiger partial charge in [0.25, 0.3) is 0 Å². The summed E-state index contributed by atoms with van der Waals surface area (Å²) in [6, 6.07) is 20.0. The van der Waals surface area contributed by atoms with E-state index in [0.717, 1.165) is 21.0 Å². The third kappa shape index (κ3) is 5.99. The number of rotatable bonds is 8. The topological polar surface area (TPSA) is 66.5 Å². The van der Waals surface area contributed by atoms with Crippen LogP contribution in [0.5, 0.6) is 0 Å². The van der Waals surface area contributed by atoms with Gasteiger partial charge in [0.15, 0.2) is 0 Å². The molecular weight excluding hydrogens is 415 g/mol. The fraction of sp³-hybridized carbons (Fsp3) is 0.208. The molecule has 5 nitrogen and oxygen atoms in total. The molecule has 0 radical (unpaired) electrons. The molecule has 0 heterocycles. The van der Waals surface area contributed by atoms with Crippen molar-refractivity contribution in [1.29, 1.82) is 0 Å². The smallest absolute Gasteiger partial charge is 0.243 e. The van der Waals surface area contributed by atoms with E-state index in [0.29, 0.717) is 0 Å². The highest BCUT2D eigenvalue weighted by Gasteiger charge is 2.27. The molecule has 0 saturated carbocycles. The first-order chi connectivity index (χ1) is 14.8. The monoisotopic (exact) mass is 440 g/mol. The highest BCUT2D eigenvalue weighted by molar-refractivity contribution is 7.89. The number of benzene rings is 3. The van der Waals surface area contributed by atoms with Crippen molar-refractivity contribution in [2.45, 2.75) is 31.8 Å². The molecule has 1 N–H and O–H groups in total. The number of carbonyl (C=O) groups excluding carboxylic acids is 1. The molecule has 1 amide bonds. The molecule has 3 aromatic rings. The third-order valence-corrected chi connectivity index (χ3v) is 6.66. The first-order valence-electron chi connectivity index (χ1n) is 9.88. The average Bonchev–Trinajstić information content (AvgIpc) is 2.73. The van der Waals surface area contributed by atoms with Crippen LogP contribution < -0.4 is 5.32 Å². The Kier molecular flexibility index (Phi) is 7.20. The second-order valence-electron chi connectivity index (χ2n) is 7.44. The van der Waals surface area contributed by atoms with Gasteiger partial charge in [0, 0.05) is 18.7 Å². The zero-order valence-corrected chi connectivity index (χ0v) is 18.3. The molecule has 3 aromatic carbocycles. The van der Waals surface area contributed by atoms with Gasteiger partial charge < -0.3 is 5.32 Å². The van der Waals surface area contributed by atoms with E-state index in [1.807, 2.05) is 38.1 Å². The summed E-state index contributed by atoms with van der Waals surface area (Å²) in [4.78, 5) is 12.7. The van der Waals surface area contributed by atoms with E-state index in [9.17, 15) is 17.6 Å². The van der Waals surface area contributed by atoms with Gasteiger partial charge in [-0.3, -0.25) is 4.79 Å². The lowest BCUT2D eigenvalue weighted by Crippen LogP contribution is -2.40. The Hall–Kier alpha value is -3.03. The number of halogens is 1. The molecule has 0 saturated heterocycles. The number of amides is 1. The lowest BCUT2D eigenvalue weighted by atomic mass is 10.1. The molecular formula is C24H25FN2O3S.